The molecule has 8 rings (SSSR count). The smallest absolute Gasteiger partial charge is 0.161 e. The highest BCUT2D eigenvalue weighted by Crippen LogP contribution is 2.50. The molecule has 0 spiro atoms. The molecule has 8 aromatic carbocycles. The summed E-state index contributed by atoms with van der Waals surface area (Å²) in [5, 5.41) is 13.0. The first-order valence-electron chi connectivity index (χ1n) is 39.9. The van der Waals surface area contributed by atoms with Crippen LogP contribution in [0.2, 0.25) is 0 Å². The van der Waals surface area contributed by atoms with E-state index in [4.69, 9.17) is 56.8 Å². The topological polar surface area (TPSA) is 111 Å². The summed E-state index contributed by atoms with van der Waals surface area (Å²) >= 11 is 0. The molecule has 0 aliphatic heterocycles. The average molecular weight is 1380 g/mol. The van der Waals surface area contributed by atoms with Gasteiger partial charge >= 0.3 is 0 Å². The first-order valence-corrected chi connectivity index (χ1v) is 39.9. The van der Waals surface area contributed by atoms with Crippen LogP contribution in [0.25, 0.3) is 64.6 Å². The summed E-state index contributed by atoms with van der Waals surface area (Å²) in [5.41, 5.74) is 0. The first kappa shape index (κ1) is 78.6. The first-order chi connectivity index (χ1) is 49.3. The molecular weight excluding hydrogens is 1250 g/mol. The largest absolute Gasteiger partial charge is 0.490 e. The van der Waals surface area contributed by atoms with E-state index in [1.807, 2.05) is 0 Å². The van der Waals surface area contributed by atoms with Crippen molar-refractivity contribution in [1.82, 2.24) is 0 Å². The van der Waals surface area contributed by atoms with E-state index in [0.29, 0.717) is 79.3 Å². The fourth-order valence-corrected chi connectivity index (χ4v) is 12.6. The predicted octanol–water partition coefficient (Wildman–Crippen LogP) is 25.8. The van der Waals surface area contributed by atoms with Gasteiger partial charge in [-0.3, -0.25) is 0 Å². The Morgan fingerprint density at radius 2 is 0.220 bits per heavy atom. The average Bonchev–Trinajstić information content (AvgIpc) is 0.734. The Kier molecular flexibility index (Phi) is 34.9. The SMILES string of the molecule is CCCCOc1cc2c3cc(OCCCC)c(OCCCC)cc3c3cc(OCCCCCCCCCCCCOc4cc5c6cc(OCCCC)c(OCCCC)cc6c6cc(OCCCC)c(OCCCC)cc6c5cc4OCCCC)c(OCCCC)cc3c2cc1OCCCC. The van der Waals surface area contributed by atoms with E-state index in [9.17, 15) is 0 Å². The van der Waals surface area contributed by atoms with Crippen LogP contribution in [-0.4, -0.2) is 79.3 Å². The highest BCUT2D eigenvalue weighted by atomic mass is 16.5. The fraction of sp³-hybridized carbons (Fsp3) is 0.591. The quantitative estimate of drug-likeness (QED) is 0.0267. The lowest BCUT2D eigenvalue weighted by molar-refractivity contribution is 0.260. The van der Waals surface area contributed by atoms with Gasteiger partial charge in [-0.1, -0.05) is 185 Å². The maximum absolute atomic E-state index is 6.81. The minimum Gasteiger partial charge on any atom is -0.490 e. The van der Waals surface area contributed by atoms with E-state index >= 15 is 0 Å². The van der Waals surface area contributed by atoms with Crippen molar-refractivity contribution < 1.29 is 56.8 Å². The minimum atomic E-state index is 0.616. The minimum absolute atomic E-state index is 0.616. The van der Waals surface area contributed by atoms with Crippen LogP contribution in [0.4, 0.5) is 0 Å². The van der Waals surface area contributed by atoms with Crippen LogP contribution in [0, 0.1) is 0 Å². The van der Waals surface area contributed by atoms with E-state index in [-0.39, 0.29) is 0 Å². The monoisotopic (exact) mass is 1370 g/mol. The van der Waals surface area contributed by atoms with Crippen LogP contribution < -0.4 is 56.8 Å². The highest BCUT2D eigenvalue weighted by molar-refractivity contribution is 6.28. The van der Waals surface area contributed by atoms with Gasteiger partial charge in [0.15, 0.2) is 69.0 Å². The Labute approximate surface area is 601 Å². The van der Waals surface area contributed by atoms with Crippen molar-refractivity contribution in [3.05, 3.63) is 72.8 Å². The molecule has 0 N–H and O–H groups in total. The van der Waals surface area contributed by atoms with Gasteiger partial charge in [-0.2, -0.15) is 0 Å². The van der Waals surface area contributed by atoms with Crippen LogP contribution >= 0.6 is 0 Å². The molecule has 0 saturated heterocycles. The van der Waals surface area contributed by atoms with Crippen molar-refractivity contribution in [2.45, 2.75) is 262 Å². The third-order valence-electron chi connectivity index (χ3n) is 18.9. The van der Waals surface area contributed by atoms with E-state index in [1.165, 1.54) is 38.5 Å². The molecule has 0 radical (unpaired) electrons. The number of fused-ring (bicyclic) bond motifs is 12. The van der Waals surface area contributed by atoms with Crippen LogP contribution in [0.15, 0.2) is 72.8 Å². The normalized spacial score (nSPS) is 11.6. The molecule has 12 heteroatoms. The Bertz CT molecular complexity index is 3370. The van der Waals surface area contributed by atoms with Gasteiger partial charge in [0.05, 0.1) is 79.3 Å². The van der Waals surface area contributed by atoms with Gasteiger partial charge < -0.3 is 56.8 Å². The fourth-order valence-electron chi connectivity index (χ4n) is 12.6. The van der Waals surface area contributed by atoms with Gasteiger partial charge in [-0.15, -0.1) is 0 Å². The summed E-state index contributed by atoms with van der Waals surface area (Å²) in [4.78, 5) is 0. The van der Waals surface area contributed by atoms with Gasteiger partial charge in [0, 0.05) is 0 Å². The molecule has 550 valence electrons. The Morgan fingerprint density at radius 1 is 0.130 bits per heavy atom. The molecule has 8 aromatic rings. The zero-order chi connectivity index (χ0) is 70.5. The molecule has 0 aromatic heterocycles. The van der Waals surface area contributed by atoms with Crippen LogP contribution in [0.5, 0.6) is 69.0 Å². The second-order valence-corrected chi connectivity index (χ2v) is 27.3. The molecule has 0 atom stereocenters. The van der Waals surface area contributed by atoms with Gasteiger partial charge in [0.25, 0.3) is 0 Å². The molecule has 12 nitrogen and oxygen atoms in total. The standard InChI is InChI=1S/C88H126O12/c1-11-21-41-89-77-53-65-67-55-79(91-43-23-13-3)83(95-47-27-17-7)59-71(67)75-63-87(85(97-49-29-19-9)61-73(75)69(65)57-81(77)93-45-25-15-5)99-51-39-37-35-33-31-32-34-36-38-40-52-100-88-64-76-72-60-84(96-48-28-18-8)80(92-44-24-14-4)56-68(72)66-54-78(90-42-22-12-2)82(94-46-26-16-6)58-70(66)74(76)62-86(88)98-50-30-20-10/h53-64H,11-52H2,1-10H3. The molecular formula is C88H126O12. The van der Waals surface area contributed by atoms with E-state index in [2.05, 4.69) is 142 Å². The second kappa shape index (κ2) is 44.3. The maximum atomic E-state index is 6.81. The maximum Gasteiger partial charge on any atom is 0.161 e. The summed E-state index contributed by atoms with van der Waals surface area (Å²) in [6.45, 7) is 29.4. The van der Waals surface area contributed by atoms with Crippen molar-refractivity contribution in [2.24, 2.45) is 0 Å². The molecule has 0 bridgehead atoms. The molecule has 0 aliphatic carbocycles. The number of hydrogen-bond acceptors (Lipinski definition) is 12. The van der Waals surface area contributed by atoms with Crippen LogP contribution in [-0.2, 0) is 0 Å². The molecule has 0 saturated carbocycles. The summed E-state index contributed by atoms with van der Waals surface area (Å²) in [6, 6.07) is 26.4. The van der Waals surface area contributed by atoms with Crippen molar-refractivity contribution in [3.8, 4) is 69.0 Å². The number of hydrogen-bond donors (Lipinski definition) is 0. The second-order valence-electron chi connectivity index (χ2n) is 27.3. The van der Waals surface area contributed by atoms with Crippen molar-refractivity contribution in [1.29, 1.82) is 0 Å². The van der Waals surface area contributed by atoms with Gasteiger partial charge in [-0.05, 0) is 214 Å². The van der Waals surface area contributed by atoms with E-state index < -0.39 is 0 Å². The number of ether oxygens (including phenoxy) is 12. The lowest BCUT2D eigenvalue weighted by atomic mass is 9.93. The van der Waals surface area contributed by atoms with Crippen LogP contribution in [0.3, 0.4) is 0 Å². The molecule has 0 heterocycles. The van der Waals surface area contributed by atoms with Gasteiger partial charge in [0.1, 0.15) is 0 Å². The Balaban J connectivity index is 0.937. The zero-order valence-electron chi connectivity index (χ0n) is 63.5. The summed E-state index contributed by atoms with van der Waals surface area (Å²) in [6.07, 6.45) is 31.5. The van der Waals surface area contributed by atoms with Crippen LogP contribution in [0.1, 0.15) is 262 Å². The molecule has 0 unspecified atom stereocenters. The third-order valence-corrected chi connectivity index (χ3v) is 18.9. The van der Waals surface area contributed by atoms with Crippen molar-refractivity contribution >= 4 is 64.6 Å². The summed E-state index contributed by atoms with van der Waals surface area (Å²) in [5.74, 6) is 9.28. The zero-order valence-corrected chi connectivity index (χ0v) is 63.5. The molecule has 100 heavy (non-hydrogen) atoms. The molecule has 0 amide bonds. The predicted molar refractivity (Wildman–Crippen MR) is 419 cm³/mol. The number of unbranched alkanes of at least 4 members (excludes halogenated alkanes) is 19. The van der Waals surface area contributed by atoms with Gasteiger partial charge in [-0.25, -0.2) is 0 Å². The van der Waals surface area contributed by atoms with Gasteiger partial charge in [0.2, 0.25) is 0 Å². The van der Waals surface area contributed by atoms with Crippen molar-refractivity contribution in [3.63, 3.8) is 0 Å². The Hall–Kier alpha value is -7.08. The third kappa shape index (κ3) is 22.7. The lowest BCUT2D eigenvalue weighted by Crippen LogP contribution is -2.04. The number of rotatable bonds is 55. The summed E-state index contributed by atoms with van der Waals surface area (Å²) in [7, 11) is 0. The van der Waals surface area contributed by atoms with Crippen molar-refractivity contribution in [2.75, 3.05) is 79.3 Å². The number of benzene rings is 8. The molecule has 0 fully saturated rings. The highest BCUT2D eigenvalue weighted by Gasteiger charge is 2.24. The lowest BCUT2D eigenvalue weighted by Gasteiger charge is -2.20. The Morgan fingerprint density at radius 3 is 0.320 bits per heavy atom. The van der Waals surface area contributed by atoms with E-state index in [0.717, 1.165) is 288 Å². The molecule has 0 aliphatic rings. The summed E-state index contributed by atoms with van der Waals surface area (Å²) < 4.78 is 79.4. The van der Waals surface area contributed by atoms with E-state index in [1.54, 1.807) is 0 Å².